The van der Waals surface area contributed by atoms with Crippen molar-refractivity contribution < 1.29 is 9.59 Å². The summed E-state index contributed by atoms with van der Waals surface area (Å²) in [6.07, 6.45) is 4.58. The third kappa shape index (κ3) is 6.34. The first-order valence-corrected chi connectivity index (χ1v) is 10.5. The molecule has 0 aliphatic carbocycles. The lowest BCUT2D eigenvalue weighted by Gasteiger charge is -2.33. The number of benzene rings is 2. The maximum absolute atomic E-state index is 12.9. The molecular formula is C24H31N3O2. The van der Waals surface area contributed by atoms with E-state index in [4.69, 9.17) is 5.73 Å². The second-order valence-electron chi connectivity index (χ2n) is 8.03. The van der Waals surface area contributed by atoms with Gasteiger partial charge in [-0.2, -0.15) is 0 Å². The molecule has 0 aromatic heterocycles. The monoisotopic (exact) mass is 393 g/mol. The van der Waals surface area contributed by atoms with Gasteiger partial charge >= 0.3 is 6.03 Å². The lowest BCUT2D eigenvalue weighted by atomic mass is 9.90. The number of nitrogens with two attached hydrogens (primary N) is 1. The van der Waals surface area contributed by atoms with Crippen LogP contribution in [0.15, 0.2) is 54.6 Å². The summed E-state index contributed by atoms with van der Waals surface area (Å²) in [4.78, 5) is 26.2. The van der Waals surface area contributed by atoms with Crippen molar-refractivity contribution in [3.8, 4) is 0 Å². The molecule has 154 valence electrons. The number of nitrogens with one attached hydrogen (secondary N) is 1. The van der Waals surface area contributed by atoms with E-state index in [1.807, 2.05) is 42.2 Å². The third-order valence-electron chi connectivity index (χ3n) is 5.79. The number of hydrogen-bond acceptors (Lipinski definition) is 2. The number of rotatable bonds is 7. The van der Waals surface area contributed by atoms with Crippen molar-refractivity contribution in [3.05, 3.63) is 71.3 Å². The maximum Gasteiger partial charge on any atom is 0.312 e. The molecule has 3 N–H and O–H groups in total. The molecule has 1 atom stereocenters. The van der Waals surface area contributed by atoms with Crippen molar-refractivity contribution in [1.82, 2.24) is 10.2 Å². The number of urea groups is 1. The smallest absolute Gasteiger partial charge is 0.312 e. The first-order valence-electron chi connectivity index (χ1n) is 10.5. The van der Waals surface area contributed by atoms with Gasteiger partial charge in [0.25, 0.3) is 0 Å². The van der Waals surface area contributed by atoms with Crippen LogP contribution in [0, 0.1) is 12.8 Å². The molecule has 1 aliphatic heterocycles. The van der Waals surface area contributed by atoms with Crippen LogP contribution >= 0.6 is 0 Å². The first kappa shape index (κ1) is 20.9. The average molecular weight is 394 g/mol. The fourth-order valence-electron chi connectivity index (χ4n) is 4.10. The Kier molecular flexibility index (Phi) is 7.28. The Hall–Kier alpha value is -2.82. The van der Waals surface area contributed by atoms with Crippen LogP contribution < -0.4 is 11.1 Å². The van der Waals surface area contributed by atoms with Crippen LogP contribution in [0.4, 0.5) is 4.79 Å². The zero-order valence-corrected chi connectivity index (χ0v) is 17.1. The Bertz CT molecular complexity index is 814. The van der Waals surface area contributed by atoms with Gasteiger partial charge in [0.1, 0.15) is 0 Å². The molecule has 0 unspecified atom stereocenters. The molecule has 0 saturated carbocycles. The molecule has 3 rings (SSSR count). The zero-order valence-electron chi connectivity index (χ0n) is 17.1. The second-order valence-corrected chi connectivity index (χ2v) is 8.03. The summed E-state index contributed by atoms with van der Waals surface area (Å²) in [6, 6.07) is 17.4. The summed E-state index contributed by atoms with van der Waals surface area (Å²) >= 11 is 0. The standard InChI is InChI=1S/C24H31N3O2/c1-18-6-5-9-21(16-18)22(26-24(25)29)17-23(28)27-14-12-20(13-15-27)11-10-19-7-3-2-4-8-19/h2-9,16,20,22H,10-15,17H2,1H3,(H3,25,26,29)/t22-/m1/s1. The number of likely N-dealkylation sites (tertiary alicyclic amines) is 1. The SMILES string of the molecule is Cc1cccc([C@@H](CC(=O)N2CCC(CCc3ccccc3)CC2)NC(N)=O)c1. The number of amides is 3. The minimum Gasteiger partial charge on any atom is -0.352 e. The number of primary amides is 1. The predicted octanol–water partition coefficient (Wildman–Crippen LogP) is 3.97. The van der Waals surface area contributed by atoms with Crippen LogP contribution in [-0.2, 0) is 11.2 Å². The largest absolute Gasteiger partial charge is 0.352 e. The van der Waals surface area contributed by atoms with Crippen LogP contribution in [0.2, 0.25) is 0 Å². The Labute approximate surface area is 173 Å². The summed E-state index contributed by atoms with van der Waals surface area (Å²) in [5.74, 6) is 0.738. The van der Waals surface area contributed by atoms with Gasteiger partial charge in [-0.05, 0) is 49.7 Å². The highest BCUT2D eigenvalue weighted by Gasteiger charge is 2.26. The molecular weight excluding hydrogens is 362 g/mol. The van der Waals surface area contributed by atoms with E-state index in [1.54, 1.807) is 0 Å². The van der Waals surface area contributed by atoms with E-state index in [2.05, 4.69) is 29.6 Å². The molecule has 3 amide bonds. The Balaban J connectivity index is 1.51. The summed E-state index contributed by atoms with van der Waals surface area (Å²) in [6.45, 7) is 3.57. The first-order chi connectivity index (χ1) is 14.0. The summed E-state index contributed by atoms with van der Waals surface area (Å²) in [5, 5.41) is 2.73. The number of nitrogens with zero attached hydrogens (tertiary/aromatic N) is 1. The van der Waals surface area contributed by atoms with Crippen molar-refractivity contribution in [2.75, 3.05) is 13.1 Å². The number of carbonyl (C=O) groups is 2. The number of piperidine rings is 1. The van der Waals surface area contributed by atoms with Crippen LogP contribution in [0.3, 0.4) is 0 Å². The summed E-state index contributed by atoms with van der Waals surface area (Å²) < 4.78 is 0. The van der Waals surface area contributed by atoms with Crippen molar-refractivity contribution >= 4 is 11.9 Å². The van der Waals surface area contributed by atoms with Gasteiger partial charge in [0.05, 0.1) is 12.5 Å². The quantitative estimate of drug-likeness (QED) is 0.747. The molecule has 29 heavy (non-hydrogen) atoms. The molecule has 1 fully saturated rings. The van der Waals surface area contributed by atoms with Crippen LogP contribution in [0.25, 0.3) is 0 Å². The summed E-state index contributed by atoms with van der Waals surface area (Å²) in [5.41, 5.74) is 8.73. The van der Waals surface area contributed by atoms with Crippen molar-refractivity contribution in [3.63, 3.8) is 0 Å². The van der Waals surface area contributed by atoms with Crippen LogP contribution in [-0.4, -0.2) is 29.9 Å². The van der Waals surface area contributed by atoms with Gasteiger partial charge in [0.2, 0.25) is 5.91 Å². The van der Waals surface area contributed by atoms with Gasteiger partial charge in [-0.15, -0.1) is 0 Å². The van der Waals surface area contributed by atoms with Gasteiger partial charge in [-0.25, -0.2) is 4.79 Å². The molecule has 5 nitrogen and oxygen atoms in total. The van der Waals surface area contributed by atoms with Gasteiger partial charge in [0, 0.05) is 13.1 Å². The third-order valence-corrected chi connectivity index (χ3v) is 5.79. The molecule has 1 aliphatic rings. The van der Waals surface area contributed by atoms with Crippen molar-refractivity contribution in [2.45, 2.75) is 45.1 Å². The molecule has 5 heteroatoms. The summed E-state index contributed by atoms with van der Waals surface area (Å²) in [7, 11) is 0. The molecule has 0 bridgehead atoms. The highest BCUT2D eigenvalue weighted by Crippen LogP contribution is 2.25. The molecule has 2 aromatic rings. The molecule has 1 saturated heterocycles. The zero-order chi connectivity index (χ0) is 20.6. The Morgan fingerprint density at radius 1 is 1.10 bits per heavy atom. The van der Waals surface area contributed by atoms with Gasteiger partial charge in [-0.3, -0.25) is 4.79 Å². The van der Waals surface area contributed by atoms with E-state index in [-0.39, 0.29) is 12.3 Å². The Morgan fingerprint density at radius 2 is 1.83 bits per heavy atom. The molecule has 0 radical (unpaired) electrons. The number of hydrogen-bond donors (Lipinski definition) is 2. The van der Waals surface area contributed by atoms with Gasteiger partial charge in [-0.1, -0.05) is 60.2 Å². The minimum atomic E-state index is -0.607. The van der Waals surface area contributed by atoms with E-state index >= 15 is 0 Å². The van der Waals surface area contributed by atoms with E-state index in [0.29, 0.717) is 5.92 Å². The predicted molar refractivity (Wildman–Crippen MR) is 115 cm³/mol. The minimum absolute atomic E-state index is 0.0757. The van der Waals surface area contributed by atoms with E-state index in [9.17, 15) is 9.59 Å². The van der Waals surface area contributed by atoms with Gasteiger partial charge < -0.3 is 16.0 Å². The highest BCUT2D eigenvalue weighted by molar-refractivity contribution is 5.79. The lowest BCUT2D eigenvalue weighted by Crippen LogP contribution is -2.41. The number of carbonyl (C=O) groups excluding carboxylic acids is 2. The normalized spacial score (nSPS) is 15.7. The fourth-order valence-corrected chi connectivity index (χ4v) is 4.10. The molecule has 0 spiro atoms. The van der Waals surface area contributed by atoms with E-state index < -0.39 is 12.1 Å². The van der Waals surface area contributed by atoms with Crippen LogP contribution in [0.1, 0.15) is 48.4 Å². The van der Waals surface area contributed by atoms with E-state index in [1.165, 1.54) is 12.0 Å². The Morgan fingerprint density at radius 3 is 2.48 bits per heavy atom. The van der Waals surface area contributed by atoms with Gasteiger partial charge in [0.15, 0.2) is 0 Å². The molecule has 1 heterocycles. The lowest BCUT2D eigenvalue weighted by molar-refractivity contribution is -0.133. The van der Waals surface area contributed by atoms with Crippen LogP contribution in [0.5, 0.6) is 0 Å². The maximum atomic E-state index is 12.9. The average Bonchev–Trinajstić information content (AvgIpc) is 2.72. The van der Waals surface area contributed by atoms with E-state index in [0.717, 1.165) is 43.5 Å². The van der Waals surface area contributed by atoms with Crippen molar-refractivity contribution in [2.24, 2.45) is 11.7 Å². The fraction of sp³-hybridized carbons (Fsp3) is 0.417. The second kappa shape index (κ2) is 10.1. The van der Waals surface area contributed by atoms with Crippen molar-refractivity contribution in [1.29, 1.82) is 0 Å². The highest BCUT2D eigenvalue weighted by atomic mass is 16.2. The topological polar surface area (TPSA) is 75.4 Å². The molecule has 2 aromatic carbocycles. The number of aryl methyl sites for hydroxylation is 2.